The number of anilines is 3. The molecule has 0 bridgehead atoms. The van der Waals surface area contributed by atoms with E-state index in [4.69, 9.17) is 5.11 Å². The van der Waals surface area contributed by atoms with Gasteiger partial charge in [0, 0.05) is 44.0 Å². The van der Waals surface area contributed by atoms with Gasteiger partial charge in [-0.2, -0.15) is 5.10 Å². The summed E-state index contributed by atoms with van der Waals surface area (Å²) >= 11 is 0. The molecule has 0 unspecified atom stereocenters. The first kappa shape index (κ1) is 18.8. The Kier molecular flexibility index (Phi) is 4.83. The van der Waals surface area contributed by atoms with Crippen molar-refractivity contribution in [1.82, 2.24) is 20.0 Å². The molecule has 3 N–H and O–H groups in total. The molecule has 4 rings (SSSR count). The minimum atomic E-state index is -0.972. The number of urea groups is 1. The zero-order valence-electron chi connectivity index (χ0n) is 16.0. The number of hydrogen-bond acceptors (Lipinski definition) is 5. The van der Waals surface area contributed by atoms with Gasteiger partial charge >= 0.3 is 12.0 Å². The third-order valence-corrected chi connectivity index (χ3v) is 5.13. The van der Waals surface area contributed by atoms with Gasteiger partial charge in [-0.15, -0.1) is 0 Å². The largest absolute Gasteiger partial charge is 0.481 e. The smallest absolute Gasteiger partial charge is 0.320 e. The molecule has 0 aliphatic carbocycles. The van der Waals surface area contributed by atoms with Crippen LogP contribution in [0.5, 0.6) is 0 Å². The van der Waals surface area contributed by atoms with Crippen molar-refractivity contribution in [3.63, 3.8) is 0 Å². The van der Waals surface area contributed by atoms with Crippen LogP contribution in [-0.4, -0.2) is 64.4 Å². The van der Waals surface area contributed by atoms with E-state index < -0.39 is 12.0 Å². The zero-order chi connectivity index (χ0) is 20.5. The average molecular weight is 398 g/mol. The van der Waals surface area contributed by atoms with E-state index >= 15 is 0 Å². The van der Waals surface area contributed by atoms with Crippen LogP contribution in [0.3, 0.4) is 0 Å². The Balaban J connectivity index is 1.47. The molecule has 29 heavy (non-hydrogen) atoms. The number of likely N-dealkylation sites (N-methyl/N-ethyl adjacent to an activating group) is 1. The lowest BCUT2D eigenvalue weighted by Crippen LogP contribution is -2.34. The van der Waals surface area contributed by atoms with Crippen LogP contribution in [0.4, 0.5) is 22.1 Å². The van der Waals surface area contributed by atoms with Gasteiger partial charge in [0.1, 0.15) is 5.82 Å². The molecule has 2 aromatic rings. The molecule has 2 aliphatic heterocycles. The second-order valence-electron chi connectivity index (χ2n) is 7.11. The lowest BCUT2D eigenvalue weighted by atomic mass is 9.98. The Morgan fingerprint density at radius 1 is 1.21 bits per heavy atom. The Morgan fingerprint density at radius 3 is 2.83 bits per heavy atom. The minimum absolute atomic E-state index is 0.0455. The maximum Gasteiger partial charge on any atom is 0.320 e. The molecule has 10 heteroatoms. The van der Waals surface area contributed by atoms with Gasteiger partial charge in [0.25, 0.3) is 5.91 Å². The highest BCUT2D eigenvalue weighted by atomic mass is 16.4. The Bertz CT molecular complexity index is 985. The Hall–Kier alpha value is -3.56. The molecule has 3 amide bonds. The summed E-state index contributed by atoms with van der Waals surface area (Å²) in [5.74, 6) is 0.322. The average Bonchev–Trinajstić information content (AvgIpc) is 3.24. The fourth-order valence-electron chi connectivity index (χ4n) is 3.62. The minimum Gasteiger partial charge on any atom is -0.481 e. The third kappa shape index (κ3) is 3.73. The predicted molar refractivity (Wildman–Crippen MR) is 106 cm³/mol. The van der Waals surface area contributed by atoms with Gasteiger partial charge in [-0.05, 0) is 30.2 Å². The fraction of sp³-hybridized carbons (Fsp3) is 0.368. The maximum atomic E-state index is 12.3. The number of aliphatic carboxylic acids is 1. The third-order valence-electron chi connectivity index (χ3n) is 5.13. The summed E-state index contributed by atoms with van der Waals surface area (Å²) in [6.07, 6.45) is 0.680. The van der Waals surface area contributed by atoms with Crippen molar-refractivity contribution in [2.45, 2.75) is 19.4 Å². The van der Waals surface area contributed by atoms with Crippen LogP contribution < -0.4 is 15.5 Å². The Labute approximate surface area is 167 Å². The van der Waals surface area contributed by atoms with Crippen molar-refractivity contribution in [1.29, 1.82) is 0 Å². The van der Waals surface area contributed by atoms with Crippen LogP contribution in [0, 0.1) is 0 Å². The molecule has 0 atom stereocenters. The number of benzene rings is 1. The number of amides is 3. The van der Waals surface area contributed by atoms with Crippen molar-refractivity contribution >= 4 is 35.2 Å². The van der Waals surface area contributed by atoms with Crippen LogP contribution in [0.2, 0.25) is 0 Å². The van der Waals surface area contributed by atoms with Crippen molar-refractivity contribution in [3.05, 3.63) is 35.4 Å². The van der Waals surface area contributed by atoms with Crippen LogP contribution in [0.15, 0.2) is 24.3 Å². The zero-order valence-corrected chi connectivity index (χ0v) is 16.0. The normalized spacial score (nSPS) is 15.1. The second-order valence-corrected chi connectivity index (χ2v) is 7.11. The molecule has 3 heterocycles. The highest BCUT2D eigenvalue weighted by Gasteiger charge is 2.26. The Morgan fingerprint density at radius 2 is 2.03 bits per heavy atom. The van der Waals surface area contributed by atoms with Crippen LogP contribution >= 0.6 is 0 Å². The quantitative estimate of drug-likeness (QED) is 0.698. The summed E-state index contributed by atoms with van der Waals surface area (Å²) < 4.78 is 1.81. The van der Waals surface area contributed by atoms with Gasteiger partial charge in [-0.3, -0.25) is 14.9 Å². The summed E-state index contributed by atoms with van der Waals surface area (Å²) in [6.45, 7) is 2.18. The first-order valence-electron chi connectivity index (χ1n) is 9.43. The van der Waals surface area contributed by atoms with Gasteiger partial charge in [0.15, 0.2) is 5.82 Å². The number of aromatic nitrogens is 2. The molecule has 1 aromatic heterocycles. The van der Waals surface area contributed by atoms with Crippen LogP contribution in [0.25, 0.3) is 0 Å². The standard InChI is InChI=1S/C19H22N6O4/c1-23-7-5-12-10-13(2-3-14(12)18(23)28)24-8-9-25-16(24)11-15(22-25)21-19(29)20-6-4-17(26)27/h2-3,10-11H,4-9H2,1H3,(H,26,27)(H2,20,21,22,29). The van der Waals surface area contributed by atoms with E-state index in [1.807, 2.05) is 23.9 Å². The van der Waals surface area contributed by atoms with E-state index in [2.05, 4.69) is 26.7 Å². The topological polar surface area (TPSA) is 120 Å². The molecule has 152 valence electrons. The van der Waals surface area contributed by atoms with Crippen molar-refractivity contribution in [3.8, 4) is 0 Å². The van der Waals surface area contributed by atoms with E-state index in [1.54, 1.807) is 11.0 Å². The number of nitrogens with zero attached hydrogens (tertiary/aromatic N) is 4. The number of carboxylic acid groups (broad SMARTS) is 1. The van der Waals surface area contributed by atoms with Gasteiger partial charge in [-0.25, -0.2) is 9.48 Å². The predicted octanol–water partition coefficient (Wildman–Crippen LogP) is 1.26. The molecule has 0 saturated carbocycles. The molecule has 0 fully saturated rings. The number of carbonyl (C=O) groups excluding carboxylic acids is 2. The molecule has 10 nitrogen and oxygen atoms in total. The van der Waals surface area contributed by atoms with Gasteiger partial charge in [0.05, 0.1) is 13.0 Å². The van der Waals surface area contributed by atoms with Gasteiger partial charge in [-0.1, -0.05) is 0 Å². The van der Waals surface area contributed by atoms with E-state index in [0.717, 1.165) is 35.6 Å². The lowest BCUT2D eigenvalue weighted by molar-refractivity contribution is -0.136. The summed E-state index contributed by atoms with van der Waals surface area (Å²) in [7, 11) is 1.81. The summed E-state index contributed by atoms with van der Waals surface area (Å²) in [5, 5.41) is 18.1. The van der Waals surface area contributed by atoms with E-state index in [0.29, 0.717) is 18.9 Å². The SMILES string of the molecule is CN1CCc2cc(N3CCn4nc(NC(=O)NCCC(=O)O)cc43)ccc2C1=O. The first-order chi connectivity index (χ1) is 13.9. The van der Waals surface area contributed by atoms with Crippen molar-refractivity contribution in [2.75, 3.05) is 36.9 Å². The maximum absolute atomic E-state index is 12.3. The summed E-state index contributed by atoms with van der Waals surface area (Å²) in [5.41, 5.74) is 2.77. The number of rotatable bonds is 5. The van der Waals surface area contributed by atoms with Gasteiger partial charge < -0.3 is 20.2 Å². The van der Waals surface area contributed by atoms with Crippen molar-refractivity contribution < 1.29 is 19.5 Å². The molecular formula is C19H22N6O4. The number of fused-ring (bicyclic) bond motifs is 2. The molecule has 0 saturated heterocycles. The lowest BCUT2D eigenvalue weighted by Gasteiger charge is -2.26. The van der Waals surface area contributed by atoms with E-state index in [9.17, 15) is 14.4 Å². The molecule has 2 aliphatic rings. The van der Waals surface area contributed by atoms with E-state index in [1.165, 1.54) is 0 Å². The number of hydrogen-bond donors (Lipinski definition) is 3. The first-order valence-corrected chi connectivity index (χ1v) is 9.43. The molecular weight excluding hydrogens is 376 g/mol. The summed E-state index contributed by atoms with van der Waals surface area (Å²) in [6, 6.07) is 7.14. The molecule has 0 radical (unpaired) electrons. The highest BCUT2D eigenvalue weighted by molar-refractivity contribution is 5.97. The molecule has 1 aromatic carbocycles. The summed E-state index contributed by atoms with van der Waals surface area (Å²) in [4.78, 5) is 38.5. The highest BCUT2D eigenvalue weighted by Crippen LogP contribution is 2.34. The van der Waals surface area contributed by atoms with Crippen molar-refractivity contribution in [2.24, 2.45) is 0 Å². The monoisotopic (exact) mass is 398 g/mol. The number of carbonyl (C=O) groups is 3. The fourth-order valence-corrected chi connectivity index (χ4v) is 3.62. The second kappa shape index (κ2) is 7.46. The molecule has 0 spiro atoms. The van der Waals surface area contributed by atoms with Gasteiger partial charge in [0.2, 0.25) is 0 Å². The number of carboxylic acids is 1. The number of nitrogens with one attached hydrogen (secondary N) is 2. The van der Waals surface area contributed by atoms with E-state index in [-0.39, 0.29) is 18.9 Å². The van der Waals surface area contributed by atoms with Crippen LogP contribution in [0.1, 0.15) is 22.3 Å². The van der Waals surface area contributed by atoms with Crippen LogP contribution in [-0.2, 0) is 17.8 Å².